The zero-order chi connectivity index (χ0) is 16.4. The monoisotopic (exact) mass is 373 g/mol. The van der Waals surface area contributed by atoms with Crippen molar-refractivity contribution in [3.63, 3.8) is 0 Å². The van der Waals surface area contributed by atoms with E-state index in [2.05, 4.69) is 26.2 Å². The third-order valence-electron chi connectivity index (χ3n) is 3.44. The van der Waals surface area contributed by atoms with Crippen molar-refractivity contribution in [3.05, 3.63) is 63.9 Å². The lowest BCUT2D eigenvalue weighted by atomic mass is 10.2. The molecule has 0 bridgehead atoms. The van der Waals surface area contributed by atoms with Crippen molar-refractivity contribution in [2.24, 2.45) is 0 Å². The molecule has 1 aromatic heterocycles. The number of nitrogens with zero attached hydrogens (tertiary/aromatic N) is 2. The number of rotatable bonds is 4. The van der Waals surface area contributed by atoms with E-state index < -0.39 is 5.91 Å². The predicted molar refractivity (Wildman–Crippen MR) is 86.1 cm³/mol. The van der Waals surface area contributed by atoms with Gasteiger partial charge in [-0.3, -0.25) is 24.3 Å². The first kappa shape index (κ1) is 15.4. The Bertz CT molecular complexity index is 772. The Morgan fingerprint density at radius 3 is 2.74 bits per heavy atom. The van der Waals surface area contributed by atoms with Crippen molar-refractivity contribution in [2.75, 3.05) is 13.1 Å². The van der Waals surface area contributed by atoms with Crippen molar-refractivity contribution in [1.82, 2.24) is 15.2 Å². The first-order valence-electron chi connectivity index (χ1n) is 6.93. The van der Waals surface area contributed by atoms with Crippen LogP contribution in [0.4, 0.5) is 0 Å². The Morgan fingerprint density at radius 1 is 1.17 bits per heavy atom. The molecule has 116 valence electrons. The van der Waals surface area contributed by atoms with Gasteiger partial charge in [-0.2, -0.15) is 0 Å². The molecule has 0 unspecified atom stereocenters. The maximum absolute atomic E-state index is 12.1. The number of pyridine rings is 1. The van der Waals surface area contributed by atoms with E-state index >= 15 is 0 Å². The zero-order valence-electron chi connectivity index (χ0n) is 12.0. The molecule has 2 heterocycles. The summed E-state index contributed by atoms with van der Waals surface area (Å²) in [5.74, 6) is -1.07. The van der Waals surface area contributed by atoms with Crippen LogP contribution in [0.1, 0.15) is 31.2 Å². The highest BCUT2D eigenvalue weighted by molar-refractivity contribution is 9.10. The van der Waals surface area contributed by atoms with Crippen molar-refractivity contribution in [1.29, 1.82) is 0 Å². The molecular weight excluding hydrogens is 362 g/mol. The minimum absolute atomic E-state index is 0.105. The third kappa shape index (κ3) is 3.00. The standard InChI is InChI=1S/C16H12BrN3O3/c17-11-4-1-3-10(9-11)14(21)19-7-8-20-15(22)12-5-2-6-18-13(12)16(20)23/h1-6,9H,7-8H2,(H,19,21). The second-order valence-corrected chi connectivity index (χ2v) is 5.84. The summed E-state index contributed by atoms with van der Waals surface area (Å²) in [6.45, 7) is 0.282. The predicted octanol–water partition coefficient (Wildman–Crippen LogP) is 1.87. The van der Waals surface area contributed by atoms with Gasteiger partial charge in [-0.15, -0.1) is 0 Å². The van der Waals surface area contributed by atoms with Crippen molar-refractivity contribution in [3.8, 4) is 0 Å². The van der Waals surface area contributed by atoms with E-state index in [1.165, 1.54) is 6.20 Å². The van der Waals surface area contributed by atoms with Crippen molar-refractivity contribution in [2.45, 2.75) is 0 Å². The van der Waals surface area contributed by atoms with Crippen LogP contribution in [0, 0.1) is 0 Å². The smallest absolute Gasteiger partial charge is 0.280 e. The molecule has 3 rings (SSSR count). The van der Waals surface area contributed by atoms with Crippen molar-refractivity contribution < 1.29 is 14.4 Å². The van der Waals surface area contributed by atoms with Gasteiger partial charge in [0.25, 0.3) is 17.7 Å². The maximum atomic E-state index is 12.1. The van der Waals surface area contributed by atoms with Gasteiger partial charge in [-0.1, -0.05) is 22.0 Å². The molecule has 0 spiro atoms. The molecule has 7 heteroatoms. The molecule has 0 fully saturated rings. The number of carbonyl (C=O) groups is 3. The Labute approximate surface area is 140 Å². The molecular formula is C16H12BrN3O3. The van der Waals surface area contributed by atoms with Crippen LogP contribution in [-0.2, 0) is 0 Å². The van der Waals surface area contributed by atoms with Gasteiger partial charge in [0.1, 0.15) is 5.69 Å². The van der Waals surface area contributed by atoms with Gasteiger partial charge in [0.2, 0.25) is 0 Å². The van der Waals surface area contributed by atoms with Gasteiger partial charge in [-0.25, -0.2) is 0 Å². The van der Waals surface area contributed by atoms with Crippen LogP contribution in [0.25, 0.3) is 0 Å². The molecule has 0 saturated heterocycles. The number of hydrogen-bond acceptors (Lipinski definition) is 4. The van der Waals surface area contributed by atoms with Crippen LogP contribution in [0.3, 0.4) is 0 Å². The van der Waals surface area contributed by atoms with Crippen LogP contribution < -0.4 is 5.32 Å². The van der Waals surface area contributed by atoms with Gasteiger partial charge >= 0.3 is 0 Å². The second-order valence-electron chi connectivity index (χ2n) is 4.93. The summed E-state index contributed by atoms with van der Waals surface area (Å²) in [6, 6.07) is 10.1. The summed E-state index contributed by atoms with van der Waals surface area (Å²) in [5.41, 5.74) is 0.968. The summed E-state index contributed by atoms with van der Waals surface area (Å²) in [6.07, 6.45) is 1.47. The normalized spacial score (nSPS) is 13.2. The fourth-order valence-electron chi connectivity index (χ4n) is 2.33. The van der Waals surface area contributed by atoms with Gasteiger partial charge < -0.3 is 5.32 Å². The van der Waals surface area contributed by atoms with Gasteiger partial charge in [0, 0.05) is 29.3 Å². The quantitative estimate of drug-likeness (QED) is 0.829. The highest BCUT2D eigenvalue weighted by Gasteiger charge is 2.36. The van der Waals surface area contributed by atoms with Gasteiger partial charge in [0.15, 0.2) is 0 Å². The van der Waals surface area contributed by atoms with Crippen LogP contribution in [0.2, 0.25) is 0 Å². The number of halogens is 1. The molecule has 0 saturated carbocycles. The van der Waals surface area contributed by atoms with E-state index in [1.807, 2.05) is 6.07 Å². The summed E-state index contributed by atoms with van der Waals surface area (Å²) in [7, 11) is 0. The van der Waals surface area contributed by atoms with E-state index in [0.29, 0.717) is 11.1 Å². The van der Waals surface area contributed by atoms with Crippen molar-refractivity contribution >= 4 is 33.7 Å². The molecule has 0 aliphatic carbocycles. The largest absolute Gasteiger partial charge is 0.350 e. The molecule has 1 aromatic carbocycles. The number of benzene rings is 1. The van der Waals surface area contributed by atoms with Crippen LogP contribution >= 0.6 is 15.9 Å². The summed E-state index contributed by atoms with van der Waals surface area (Å²) >= 11 is 3.30. The first-order chi connectivity index (χ1) is 11.1. The average molecular weight is 374 g/mol. The van der Waals surface area contributed by atoms with E-state index in [0.717, 1.165) is 9.37 Å². The number of imide groups is 1. The lowest BCUT2D eigenvalue weighted by Crippen LogP contribution is -2.38. The molecule has 6 nitrogen and oxygen atoms in total. The molecule has 3 amide bonds. The minimum atomic E-state index is -0.428. The number of fused-ring (bicyclic) bond motifs is 1. The lowest BCUT2D eigenvalue weighted by molar-refractivity contribution is 0.0648. The third-order valence-corrected chi connectivity index (χ3v) is 3.93. The Balaban J connectivity index is 1.61. The lowest BCUT2D eigenvalue weighted by Gasteiger charge is -2.14. The molecule has 1 aliphatic heterocycles. The van der Waals surface area contributed by atoms with E-state index in [1.54, 1.807) is 30.3 Å². The fourth-order valence-corrected chi connectivity index (χ4v) is 2.73. The van der Waals surface area contributed by atoms with E-state index in [9.17, 15) is 14.4 Å². The van der Waals surface area contributed by atoms with E-state index in [4.69, 9.17) is 0 Å². The number of aromatic nitrogens is 1. The summed E-state index contributed by atoms with van der Waals surface area (Å²) < 4.78 is 0.802. The van der Waals surface area contributed by atoms with Gasteiger partial charge in [0.05, 0.1) is 5.56 Å². The number of carbonyl (C=O) groups excluding carboxylic acids is 3. The van der Waals surface area contributed by atoms with E-state index in [-0.39, 0.29) is 30.6 Å². The average Bonchev–Trinajstić information content (AvgIpc) is 2.80. The van der Waals surface area contributed by atoms with Crippen LogP contribution in [0.15, 0.2) is 47.1 Å². The van der Waals surface area contributed by atoms with Crippen LogP contribution in [-0.4, -0.2) is 40.7 Å². The van der Waals surface area contributed by atoms with Gasteiger partial charge in [-0.05, 0) is 30.3 Å². The SMILES string of the molecule is O=C(NCCN1C(=O)c2cccnc2C1=O)c1cccc(Br)c1. The molecule has 1 N–H and O–H groups in total. The zero-order valence-corrected chi connectivity index (χ0v) is 13.5. The molecule has 2 aromatic rings. The number of amides is 3. The Morgan fingerprint density at radius 2 is 2.00 bits per heavy atom. The molecule has 23 heavy (non-hydrogen) atoms. The minimum Gasteiger partial charge on any atom is -0.350 e. The first-order valence-corrected chi connectivity index (χ1v) is 7.72. The highest BCUT2D eigenvalue weighted by Crippen LogP contribution is 2.19. The maximum Gasteiger partial charge on any atom is 0.280 e. The number of nitrogens with one attached hydrogen (secondary N) is 1. The number of hydrogen-bond donors (Lipinski definition) is 1. The molecule has 0 radical (unpaired) electrons. The Hall–Kier alpha value is -2.54. The summed E-state index contributed by atoms with van der Waals surface area (Å²) in [5, 5.41) is 2.69. The molecule has 0 atom stereocenters. The highest BCUT2D eigenvalue weighted by atomic mass is 79.9. The fraction of sp³-hybridized carbons (Fsp3) is 0.125. The summed E-state index contributed by atoms with van der Waals surface area (Å²) in [4.78, 5) is 41.3. The Kier molecular flexibility index (Phi) is 4.20. The topological polar surface area (TPSA) is 79.4 Å². The van der Waals surface area contributed by atoms with Crippen LogP contribution in [0.5, 0.6) is 0 Å². The second kappa shape index (κ2) is 6.29. The molecule has 1 aliphatic rings.